The number of ether oxygens (including phenoxy) is 1. The number of oxazole rings is 1. The quantitative estimate of drug-likeness (QED) is 0.445. The van der Waals surface area contributed by atoms with E-state index in [9.17, 15) is 31.5 Å². The van der Waals surface area contributed by atoms with E-state index in [0.29, 0.717) is 0 Å². The van der Waals surface area contributed by atoms with Gasteiger partial charge in [0.15, 0.2) is 17.7 Å². The van der Waals surface area contributed by atoms with Crippen LogP contribution in [0.25, 0.3) is 11.3 Å². The summed E-state index contributed by atoms with van der Waals surface area (Å²) in [6.45, 7) is -0.509. The fourth-order valence-electron chi connectivity index (χ4n) is 2.76. The van der Waals surface area contributed by atoms with Gasteiger partial charge >= 0.3 is 12.3 Å². The topological polar surface area (TPSA) is 128 Å². The number of amides is 2. The molecule has 1 unspecified atom stereocenters. The zero-order valence-corrected chi connectivity index (χ0v) is 16.3. The predicted octanol–water partition coefficient (Wildman–Crippen LogP) is 4.13. The Morgan fingerprint density at radius 2 is 1.82 bits per heavy atom. The van der Waals surface area contributed by atoms with Crippen LogP contribution in [-0.4, -0.2) is 28.6 Å². The number of hydrogen-bond donors (Lipinski definition) is 3. The number of hydrogen-bond acceptors (Lipinski definition) is 5. The zero-order chi connectivity index (χ0) is 24.3. The molecule has 0 aliphatic rings. The Hall–Kier alpha value is -4.16. The van der Waals surface area contributed by atoms with Crippen LogP contribution in [0.4, 0.5) is 26.7 Å². The molecule has 1 atom stereocenters. The van der Waals surface area contributed by atoms with Gasteiger partial charge in [0, 0.05) is 5.56 Å². The molecule has 4 N–H and O–H groups in total. The number of rotatable bonds is 7. The van der Waals surface area contributed by atoms with Crippen molar-refractivity contribution in [1.29, 1.82) is 0 Å². The Balaban J connectivity index is 1.91. The van der Waals surface area contributed by atoms with E-state index in [0.717, 1.165) is 42.7 Å². The molecule has 3 rings (SSSR count). The number of alkyl halides is 3. The van der Waals surface area contributed by atoms with Gasteiger partial charge < -0.3 is 25.3 Å². The van der Waals surface area contributed by atoms with E-state index in [1.165, 1.54) is 0 Å². The molecule has 0 aliphatic carbocycles. The van der Waals surface area contributed by atoms with Gasteiger partial charge in [0.25, 0.3) is 5.91 Å². The van der Waals surface area contributed by atoms with Crippen molar-refractivity contribution in [2.45, 2.75) is 12.3 Å². The summed E-state index contributed by atoms with van der Waals surface area (Å²) in [6.07, 6.45) is -6.32. The van der Waals surface area contributed by atoms with Crippen molar-refractivity contribution in [2.75, 3.05) is 6.54 Å². The number of nitrogens with one attached hydrogen (secondary N) is 1. The summed E-state index contributed by atoms with van der Waals surface area (Å²) < 4.78 is 77.0. The first-order valence-corrected chi connectivity index (χ1v) is 9.01. The van der Waals surface area contributed by atoms with Crippen molar-refractivity contribution in [1.82, 2.24) is 10.3 Å². The molecule has 0 spiro atoms. The maximum absolute atomic E-state index is 14.5. The van der Waals surface area contributed by atoms with Crippen LogP contribution in [0.15, 0.2) is 47.1 Å². The monoisotopic (exact) mass is 471 g/mol. The second-order valence-corrected chi connectivity index (χ2v) is 6.54. The molecule has 0 saturated carbocycles. The molecule has 2 aromatic carbocycles. The van der Waals surface area contributed by atoms with E-state index in [-0.39, 0.29) is 17.1 Å². The Kier molecular flexibility index (Phi) is 6.51. The third kappa shape index (κ3) is 5.37. The highest BCUT2D eigenvalue weighted by atomic mass is 19.4. The molecule has 2 amide bonds. The third-order valence-corrected chi connectivity index (χ3v) is 4.32. The molecule has 0 bridgehead atoms. The van der Waals surface area contributed by atoms with Gasteiger partial charge in [-0.15, -0.1) is 0 Å². The van der Waals surface area contributed by atoms with Crippen LogP contribution >= 0.6 is 0 Å². The lowest BCUT2D eigenvalue weighted by molar-refractivity contribution is -0.137. The first kappa shape index (κ1) is 23.5. The van der Waals surface area contributed by atoms with Crippen LogP contribution in [0.3, 0.4) is 0 Å². The van der Waals surface area contributed by atoms with Gasteiger partial charge in [-0.1, -0.05) is 12.1 Å². The van der Waals surface area contributed by atoms with E-state index >= 15 is 0 Å². The Bertz CT molecular complexity index is 1180. The van der Waals surface area contributed by atoms with Gasteiger partial charge in [-0.2, -0.15) is 13.2 Å². The molecular formula is C20H14F5N3O5. The molecule has 33 heavy (non-hydrogen) atoms. The third-order valence-electron chi connectivity index (χ3n) is 4.32. The van der Waals surface area contributed by atoms with Crippen molar-refractivity contribution in [3.63, 3.8) is 0 Å². The number of benzene rings is 2. The number of aromatic nitrogens is 1. The predicted molar refractivity (Wildman–Crippen MR) is 101 cm³/mol. The van der Waals surface area contributed by atoms with Crippen LogP contribution in [-0.2, 0) is 6.18 Å². The van der Waals surface area contributed by atoms with Crippen LogP contribution < -0.4 is 15.8 Å². The molecule has 3 aromatic rings. The Labute approximate surface area is 181 Å². The lowest BCUT2D eigenvalue weighted by Gasteiger charge is -2.17. The molecule has 0 fully saturated rings. The van der Waals surface area contributed by atoms with E-state index in [1.807, 2.05) is 5.32 Å². The smallest absolute Gasteiger partial charge is 0.416 e. The van der Waals surface area contributed by atoms with E-state index in [4.69, 9.17) is 20.0 Å². The van der Waals surface area contributed by atoms with Gasteiger partial charge in [0.05, 0.1) is 12.1 Å². The lowest BCUT2D eigenvalue weighted by atomic mass is 10.1. The summed E-state index contributed by atoms with van der Waals surface area (Å²) >= 11 is 0. The van der Waals surface area contributed by atoms with Gasteiger partial charge in [-0.3, -0.25) is 4.79 Å². The molecule has 13 heteroatoms. The minimum Gasteiger partial charge on any atom is -0.476 e. The fourth-order valence-corrected chi connectivity index (χ4v) is 2.76. The summed E-state index contributed by atoms with van der Waals surface area (Å²) in [4.78, 5) is 26.3. The standard InChI is InChI=1S/C20H14F5N3O5/c21-11-5-6-13(16(22)15(11)17(26)29)33-14(7-27-19(30)31)18-28-12(8-32-18)9-1-3-10(4-2-9)20(23,24)25/h1-6,8,14,27H,7H2,(H2,26,29)(H,30,31). The fraction of sp³-hybridized carbons (Fsp3) is 0.150. The molecular weight excluding hydrogens is 457 g/mol. The van der Waals surface area contributed by atoms with E-state index < -0.39 is 59.3 Å². The van der Waals surface area contributed by atoms with Crippen molar-refractivity contribution in [2.24, 2.45) is 5.73 Å². The minimum atomic E-state index is -4.53. The van der Waals surface area contributed by atoms with Crippen LogP contribution in [0.5, 0.6) is 5.75 Å². The number of nitrogens with two attached hydrogens (primary N) is 1. The summed E-state index contributed by atoms with van der Waals surface area (Å²) in [6, 6.07) is 5.54. The van der Waals surface area contributed by atoms with Crippen molar-refractivity contribution in [3.8, 4) is 17.0 Å². The molecule has 174 valence electrons. The van der Waals surface area contributed by atoms with Gasteiger partial charge in [0.2, 0.25) is 5.89 Å². The number of nitrogens with zero attached hydrogens (tertiary/aromatic N) is 1. The van der Waals surface area contributed by atoms with Crippen molar-refractivity contribution in [3.05, 3.63) is 71.3 Å². The lowest BCUT2D eigenvalue weighted by Crippen LogP contribution is -2.29. The summed E-state index contributed by atoms with van der Waals surface area (Å²) in [5.41, 5.74) is 3.35. The molecule has 1 heterocycles. The van der Waals surface area contributed by atoms with Gasteiger partial charge in [0.1, 0.15) is 23.3 Å². The SMILES string of the molecule is NC(=O)c1c(F)ccc(OC(CNC(=O)O)c2nc(-c3ccc(C(F)(F)F)cc3)co2)c1F. The van der Waals surface area contributed by atoms with E-state index in [1.54, 1.807) is 0 Å². The van der Waals surface area contributed by atoms with Gasteiger partial charge in [-0.05, 0) is 24.3 Å². The van der Waals surface area contributed by atoms with Crippen molar-refractivity contribution < 1.29 is 45.8 Å². The average Bonchev–Trinajstić information content (AvgIpc) is 3.22. The largest absolute Gasteiger partial charge is 0.476 e. The first-order chi connectivity index (χ1) is 15.5. The van der Waals surface area contributed by atoms with Crippen molar-refractivity contribution >= 4 is 12.0 Å². The first-order valence-electron chi connectivity index (χ1n) is 9.01. The molecule has 0 aliphatic heterocycles. The highest BCUT2D eigenvalue weighted by molar-refractivity contribution is 5.93. The van der Waals surface area contributed by atoms with Gasteiger partial charge in [-0.25, -0.2) is 18.6 Å². The summed E-state index contributed by atoms with van der Waals surface area (Å²) in [5, 5.41) is 10.8. The van der Waals surface area contributed by atoms with E-state index in [2.05, 4.69) is 4.98 Å². The second kappa shape index (κ2) is 9.14. The number of carboxylic acid groups (broad SMARTS) is 1. The summed E-state index contributed by atoms with van der Waals surface area (Å²) in [7, 11) is 0. The highest BCUT2D eigenvalue weighted by Crippen LogP contribution is 2.32. The number of halogens is 5. The maximum Gasteiger partial charge on any atom is 0.416 e. The Morgan fingerprint density at radius 3 is 2.39 bits per heavy atom. The zero-order valence-electron chi connectivity index (χ0n) is 16.3. The summed E-state index contributed by atoms with van der Waals surface area (Å²) in [5.74, 6) is -4.96. The molecule has 0 saturated heterocycles. The highest BCUT2D eigenvalue weighted by Gasteiger charge is 2.30. The molecule has 0 radical (unpaired) electrons. The van der Waals surface area contributed by atoms with Crippen LogP contribution in [0, 0.1) is 11.6 Å². The molecule has 8 nitrogen and oxygen atoms in total. The minimum absolute atomic E-state index is 0.0834. The second-order valence-electron chi connectivity index (χ2n) is 6.54. The molecule has 1 aromatic heterocycles. The average molecular weight is 471 g/mol. The maximum atomic E-state index is 14.5. The van der Waals surface area contributed by atoms with Crippen LogP contribution in [0.1, 0.15) is 27.9 Å². The number of primary amides is 1. The van der Waals surface area contributed by atoms with Crippen LogP contribution in [0.2, 0.25) is 0 Å². The Morgan fingerprint density at radius 1 is 1.15 bits per heavy atom. The number of carbonyl (C=O) groups excluding carboxylic acids is 1. The number of carbonyl (C=O) groups is 2. The normalized spacial score (nSPS) is 12.3.